The number of nitrogens with one attached hydrogen (secondary N) is 1. The van der Waals surface area contributed by atoms with Gasteiger partial charge in [0.25, 0.3) is 0 Å². The fraction of sp³-hybridized carbons (Fsp3) is 0.375. The third kappa shape index (κ3) is 5.41. The highest BCUT2D eigenvalue weighted by Gasteiger charge is 2.26. The van der Waals surface area contributed by atoms with E-state index in [0.29, 0.717) is 12.8 Å². The number of rotatable bonds is 7. The fourth-order valence-electron chi connectivity index (χ4n) is 4.14. The van der Waals surface area contributed by atoms with Crippen molar-refractivity contribution in [2.45, 2.75) is 38.5 Å². The van der Waals surface area contributed by atoms with Gasteiger partial charge in [-0.2, -0.15) is 0 Å². The molecule has 1 amide bonds. The molecule has 1 saturated heterocycles. The zero-order chi connectivity index (χ0) is 21.6. The molecule has 1 atom stereocenters. The van der Waals surface area contributed by atoms with Crippen molar-refractivity contribution in [2.75, 3.05) is 25.5 Å². The predicted octanol–water partition coefficient (Wildman–Crippen LogP) is 4.94. The van der Waals surface area contributed by atoms with E-state index in [4.69, 9.17) is 9.72 Å². The second-order valence-corrected chi connectivity index (χ2v) is 8.77. The van der Waals surface area contributed by atoms with Gasteiger partial charge in [-0.3, -0.25) is 9.78 Å². The monoisotopic (exact) mass is 436 g/mol. The standard InChI is InChI=1S/C24H28N4O2S/c1-17-14-20(27-24-25-11-13-31-24)15-21(26-17)19-7-5-12-28(16-19)23(29)10-9-18-6-3-4-8-22(18)30-2/h3-4,6,8,11,13-15,19H,5,7,9-10,12,16H2,1-2H3,(H,25,26,27)/t19-/m0/s1. The number of hydrogen-bond donors (Lipinski definition) is 1. The molecule has 0 saturated carbocycles. The van der Waals surface area contributed by atoms with E-state index in [2.05, 4.69) is 16.4 Å². The Kier molecular flexibility index (Phi) is 6.82. The van der Waals surface area contributed by atoms with Gasteiger partial charge in [-0.25, -0.2) is 4.98 Å². The second-order valence-electron chi connectivity index (χ2n) is 7.88. The van der Waals surface area contributed by atoms with Gasteiger partial charge in [0, 0.05) is 54.1 Å². The molecular formula is C24H28N4O2S. The van der Waals surface area contributed by atoms with Crippen molar-refractivity contribution in [3.8, 4) is 5.75 Å². The maximum Gasteiger partial charge on any atom is 0.222 e. The van der Waals surface area contributed by atoms with Crippen LogP contribution in [0.2, 0.25) is 0 Å². The first-order valence-corrected chi connectivity index (χ1v) is 11.5. The topological polar surface area (TPSA) is 67.3 Å². The van der Waals surface area contributed by atoms with Crippen LogP contribution in [-0.4, -0.2) is 41.0 Å². The number of aryl methyl sites for hydroxylation is 2. The maximum atomic E-state index is 12.9. The number of thiazole rings is 1. The summed E-state index contributed by atoms with van der Waals surface area (Å²) in [5, 5.41) is 6.18. The van der Waals surface area contributed by atoms with Crippen molar-refractivity contribution in [1.82, 2.24) is 14.9 Å². The average molecular weight is 437 g/mol. The lowest BCUT2D eigenvalue weighted by molar-refractivity contribution is -0.132. The van der Waals surface area contributed by atoms with Crippen LogP contribution in [0.5, 0.6) is 5.75 Å². The van der Waals surface area contributed by atoms with E-state index in [0.717, 1.165) is 59.5 Å². The van der Waals surface area contributed by atoms with Gasteiger partial charge in [0.15, 0.2) is 5.13 Å². The summed E-state index contributed by atoms with van der Waals surface area (Å²) in [6.07, 6.45) is 5.01. The first-order valence-electron chi connectivity index (χ1n) is 10.7. The van der Waals surface area contributed by atoms with Crippen molar-refractivity contribution in [1.29, 1.82) is 0 Å². The largest absolute Gasteiger partial charge is 0.496 e. The van der Waals surface area contributed by atoms with Gasteiger partial charge in [0.05, 0.1) is 7.11 Å². The Labute approximate surface area is 187 Å². The molecule has 1 aromatic carbocycles. The highest BCUT2D eigenvalue weighted by Crippen LogP contribution is 2.30. The number of piperidine rings is 1. The van der Waals surface area contributed by atoms with Crippen LogP contribution in [0.25, 0.3) is 0 Å². The highest BCUT2D eigenvalue weighted by molar-refractivity contribution is 7.13. The smallest absolute Gasteiger partial charge is 0.222 e. The molecule has 1 N–H and O–H groups in total. The molecule has 3 heterocycles. The van der Waals surface area contributed by atoms with Gasteiger partial charge in [-0.05, 0) is 49.9 Å². The van der Waals surface area contributed by atoms with Crippen LogP contribution < -0.4 is 10.1 Å². The first-order chi connectivity index (χ1) is 15.1. The van der Waals surface area contributed by atoms with Crippen LogP contribution >= 0.6 is 11.3 Å². The first kappa shape index (κ1) is 21.3. The molecule has 4 rings (SSSR count). The van der Waals surface area contributed by atoms with E-state index in [1.807, 2.05) is 47.5 Å². The molecular weight excluding hydrogens is 408 g/mol. The summed E-state index contributed by atoms with van der Waals surface area (Å²) in [6.45, 7) is 3.55. The number of amides is 1. The van der Waals surface area contributed by atoms with Crippen molar-refractivity contribution in [3.63, 3.8) is 0 Å². The molecule has 2 aromatic heterocycles. The van der Waals surface area contributed by atoms with Gasteiger partial charge in [0.2, 0.25) is 5.91 Å². The molecule has 31 heavy (non-hydrogen) atoms. The van der Waals surface area contributed by atoms with Crippen LogP contribution in [-0.2, 0) is 11.2 Å². The van der Waals surface area contributed by atoms with Crippen LogP contribution in [0.4, 0.5) is 10.8 Å². The Balaban J connectivity index is 1.41. The Bertz CT molecular complexity index is 1020. The van der Waals surface area contributed by atoms with Gasteiger partial charge >= 0.3 is 0 Å². The average Bonchev–Trinajstić information content (AvgIpc) is 3.30. The number of nitrogens with zero attached hydrogens (tertiary/aromatic N) is 3. The van der Waals surface area contributed by atoms with Crippen molar-refractivity contribution < 1.29 is 9.53 Å². The summed E-state index contributed by atoms with van der Waals surface area (Å²) >= 11 is 1.57. The summed E-state index contributed by atoms with van der Waals surface area (Å²) in [7, 11) is 1.67. The molecule has 0 radical (unpaired) electrons. The van der Waals surface area contributed by atoms with Crippen LogP contribution in [0, 0.1) is 6.92 Å². The van der Waals surface area contributed by atoms with E-state index in [-0.39, 0.29) is 11.8 Å². The van der Waals surface area contributed by atoms with Gasteiger partial charge in [-0.1, -0.05) is 18.2 Å². The summed E-state index contributed by atoms with van der Waals surface area (Å²) in [5.41, 5.74) is 4.08. The number of hydrogen-bond acceptors (Lipinski definition) is 6. The zero-order valence-electron chi connectivity index (χ0n) is 18.0. The number of ether oxygens (including phenoxy) is 1. The third-order valence-corrected chi connectivity index (χ3v) is 6.34. The minimum atomic E-state index is 0.199. The molecule has 1 fully saturated rings. The van der Waals surface area contributed by atoms with E-state index >= 15 is 0 Å². The molecule has 3 aromatic rings. The van der Waals surface area contributed by atoms with E-state index in [9.17, 15) is 4.79 Å². The summed E-state index contributed by atoms with van der Waals surface area (Å²) in [6, 6.07) is 12.0. The maximum absolute atomic E-state index is 12.9. The number of carbonyl (C=O) groups is 1. The van der Waals surface area contributed by atoms with Gasteiger partial charge in [0.1, 0.15) is 5.75 Å². The Morgan fingerprint density at radius 2 is 2.19 bits per heavy atom. The van der Waals surface area contributed by atoms with Gasteiger partial charge < -0.3 is 15.0 Å². The molecule has 0 spiro atoms. The third-order valence-electron chi connectivity index (χ3n) is 5.65. The lowest BCUT2D eigenvalue weighted by atomic mass is 9.93. The fourth-order valence-corrected chi connectivity index (χ4v) is 4.69. The summed E-state index contributed by atoms with van der Waals surface area (Å²) < 4.78 is 5.41. The Morgan fingerprint density at radius 1 is 1.32 bits per heavy atom. The molecule has 0 bridgehead atoms. The van der Waals surface area contributed by atoms with Crippen molar-refractivity contribution in [2.24, 2.45) is 0 Å². The number of anilines is 2. The molecule has 162 valence electrons. The van der Waals surface area contributed by atoms with Crippen LogP contribution in [0.1, 0.15) is 42.1 Å². The number of carbonyl (C=O) groups excluding carboxylic acids is 1. The van der Waals surface area contributed by atoms with E-state index in [1.165, 1.54) is 0 Å². The number of likely N-dealkylation sites (tertiary alicyclic amines) is 1. The number of pyridine rings is 1. The number of methoxy groups -OCH3 is 1. The SMILES string of the molecule is COc1ccccc1CCC(=O)N1CCC[C@H](c2cc(Nc3nccs3)cc(C)n2)C1. The zero-order valence-corrected chi connectivity index (χ0v) is 18.8. The molecule has 1 aliphatic rings. The quantitative estimate of drug-likeness (QED) is 0.568. The summed E-state index contributed by atoms with van der Waals surface area (Å²) in [4.78, 5) is 24.0. The Hall–Kier alpha value is -2.93. The molecule has 0 unspecified atom stereocenters. The number of aromatic nitrogens is 2. The normalized spacial score (nSPS) is 16.2. The second kappa shape index (κ2) is 9.92. The number of benzene rings is 1. The minimum Gasteiger partial charge on any atom is -0.496 e. The highest BCUT2D eigenvalue weighted by atomic mass is 32.1. The van der Waals surface area contributed by atoms with E-state index in [1.54, 1.807) is 24.6 Å². The van der Waals surface area contributed by atoms with Crippen molar-refractivity contribution in [3.05, 3.63) is 64.9 Å². The van der Waals surface area contributed by atoms with Gasteiger partial charge in [-0.15, -0.1) is 11.3 Å². The van der Waals surface area contributed by atoms with Crippen LogP contribution in [0.3, 0.4) is 0 Å². The molecule has 7 heteroatoms. The Morgan fingerprint density at radius 3 is 3.00 bits per heavy atom. The molecule has 6 nitrogen and oxygen atoms in total. The van der Waals surface area contributed by atoms with E-state index < -0.39 is 0 Å². The van der Waals surface area contributed by atoms with Crippen molar-refractivity contribution >= 4 is 28.1 Å². The lowest BCUT2D eigenvalue weighted by Gasteiger charge is -2.33. The molecule has 1 aliphatic heterocycles. The predicted molar refractivity (Wildman–Crippen MR) is 124 cm³/mol. The number of para-hydroxylation sites is 1. The minimum absolute atomic E-state index is 0.199. The summed E-state index contributed by atoms with van der Waals surface area (Å²) in [5.74, 6) is 1.29. The van der Waals surface area contributed by atoms with Crippen LogP contribution in [0.15, 0.2) is 48.0 Å². The molecule has 0 aliphatic carbocycles. The lowest BCUT2D eigenvalue weighted by Crippen LogP contribution is -2.39.